The third-order valence-corrected chi connectivity index (χ3v) is 3.63. The Bertz CT molecular complexity index is 631. The van der Waals surface area contributed by atoms with Crippen molar-refractivity contribution < 1.29 is 14.6 Å². The number of rotatable bonds is 6. The van der Waals surface area contributed by atoms with Crippen molar-refractivity contribution in [3.05, 3.63) is 34.5 Å². The maximum atomic E-state index is 12.0. The molecule has 120 valence electrons. The average Bonchev–Trinajstić information content (AvgIpc) is 2.88. The molecule has 0 spiro atoms. The molecule has 1 fully saturated rings. The molecule has 22 heavy (non-hydrogen) atoms. The summed E-state index contributed by atoms with van der Waals surface area (Å²) in [5, 5.41) is 7.04. The molecule has 0 bridgehead atoms. The second kappa shape index (κ2) is 7.33. The Balaban J connectivity index is 2.15. The molecule has 1 aromatic rings. The Labute approximate surface area is 130 Å². The van der Waals surface area contributed by atoms with Crippen molar-refractivity contribution in [3.8, 4) is 0 Å². The zero-order valence-electron chi connectivity index (χ0n) is 13.7. The monoisotopic (exact) mass is 308 g/mol. The Kier molecular flexibility index (Phi) is 4.97. The van der Waals surface area contributed by atoms with Gasteiger partial charge in [-0.1, -0.05) is 6.92 Å². The van der Waals surface area contributed by atoms with E-state index >= 15 is 0 Å². The fourth-order valence-electron chi connectivity index (χ4n) is 2.39. The van der Waals surface area contributed by atoms with Gasteiger partial charge in [0.2, 0.25) is 7.34 Å². The molecule has 3 atom stereocenters. The Morgan fingerprint density at radius 1 is 1.73 bits per heavy atom. The number of carbonyl (C=O) groups excluding carboxylic acids is 1. The molecule has 7 heteroatoms. The molecule has 0 saturated carbocycles. The van der Waals surface area contributed by atoms with E-state index in [1.54, 1.807) is 12.3 Å². The SMILES string of the molecule is [2H]OC[C@H]1O[C@@H](n2cc(/C=C/C(=O)NCC)cnc2=O)CC1C. The van der Waals surface area contributed by atoms with Crippen LogP contribution in [0, 0.1) is 5.92 Å². The zero-order chi connectivity index (χ0) is 16.8. The summed E-state index contributed by atoms with van der Waals surface area (Å²) in [6.45, 7) is 4.54. The van der Waals surface area contributed by atoms with Crippen LogP contribution in [0.2, 0.25) is 0 Å². The summed E-state index contributed by atoms with van der Waals surface area (Å²) in [6, 6.07) is 0. The maximum absolute atomic E-state index is 12.0. The minimum Gasteiger partial charge on any atom is -0.394 e. The van der Waals surface area contributed by atoms with Crippen LogP contribution in [0.15, 0.2) is 23.3 Å². The van der Waals surface area contributed by atoms with Gasteiger partial charge in [-0.15, -0.1) is 0 Å². The molecular weight excluding hydrogens is 286 g/mol. The number of hydrogen-bond donors (Lipinski definition) is 2. The number of ether oxygens (including phenoxy) is 1. The van der Waals surface area contributed by atoms with Crippen LogP contribution in [-0.2, 0) is 9.53 Å². The molecule has 0 aliphatic carbocycles. The molecule has 1 aliphatic rings. The second-order valence-corrected chi connectivity index (χ2v) is 5.31. The van der Waals surface area contributed by atoms with Gasteiger partial charge in [-0.3, -0.25) is 9.36 Å². The first kappa shape index (κ1) is 14.9. The smallest absolute Gasteiger partial charge is 0.349 e. The minimum absolute atomic E-state index is 0.163. The van der Waals surface area contributed by atoms with Gasteiger partial charge in [0.15, 0.2) is 0 Å². The number of nitrogens with zero attached hydrogens (tertiary/aromatic N) is 2. The number of amides is 1. The van der Waals surface area contributed by atoms with E-state index in [1.807, 2.05) is 13.8 Å². The summed E-state index contributed by atoms with van der Waals surface area (Å²) in [4.78, 5) is 27.2. The third kappa shape index (κ3) is 3.80. The first-order valence-corrected chi connectivity index (χ1v) is 7.32. The van der Waals surface area contributed by atoms with Crippen molar-refractivity contribution in [1.82, 2.24) is 14.9 Å². The van der Waals surface area contributed by atoms with Crippen LogP contribution >= 0.6 is 0 Å². The lowest BCUT2D eigenvalue weighted by Gasteiger charge is -2.14. The van der Waals surface area contributed by atoms with Gasteiger partial charge in [-0.05, 0) is 25.3 Å². The average molecular weight is 308 g/mol. The van der Waals surface area contributed by atoms with E-state index < -0.39 is 11.9 Å². The Morgan fingerprint density at radius 3 is 3.27 bits per heavy atom. The molecular formula is C15H21N3O4. The highest BCUT2D eigenvalue weighted by molar-refractivity contribution is 5.91. The van der Waals surface area contributed by atoms with Crippen LogP contribution in [-0.4, -0.2) is 41.3 Å². The lowest BCUT2D eigenvalue weighted by atomic mass is 10.0. The van der Waals surface area contributed by atoms with Gasteiger partial charge in [-0.2, -0.15) is 0 Å². The summed E-state index contributed by atoms with van der Waals surface area (Å²) in [5.41, 5.74) is 0.220. The Hall–Kier alpha value is -1.99. The largest absolute Gasteiger partial charge is 0.394 e. The second-order valence-electron chi connectivity index (χ2n) is 5.31. The molecule has 1 saturated heterocycles. The number of likely N-dealkylation sites (N-methyl/N-ethyl adjacent to an activating group) is 1. The lowest BCUT2D eigenvalue weighted by molar-refractivity contribution is -0.116. The van der Waals surface area contributed by atoms with Gasteiger partial charge in [0.05, 0.1) is 12.7 Å². The van der Waals surface area contributed by atoms with Crippen molar-refractivity contribution in [2.75, 3.05) is 13.2 Å². The topological polar surface area (TPSA) is 93.4 Å². The maximum Gasteiger partial charge on any atom is 0.349 e. The van der Waals surface area contributed by atoms with Crippen LogP contribution in [0.3, 0.4) is 0 Å². The van der Waals surface area contributed by atoms with Crippen molar-refractivity contribution >= 4 is 12.0 Å². The number of hydrogen-bond acceptors (Lipinski definition) is 5. The van der Waals surface area contributed by atoms with Gasteiger partial charge in [0.25, 0.3) is 0 Å². The first-order valence-electron chi connectivity index (χ1n) is 7.73. The predicted octanol–water partition coefficient (Wildman–Crippen LogP) is 0.308. The quantitative estimate of drug-likeness (QED) is 0.738. The molecule has 1 aliphatic heterocycles. The molecule has 1 amide bonds. The van der Waals surface area contributed by atoms with Crippen LogP contribution in [0.4, 0.5) is 0 Å². The summed E-state index contributed by atoms with van der Waals surface area (Å²) in [6.07, 6.45) is 5.99. The van der Waals surface area contributed by atoms with E-state index in [0.29, 0.717) is 18.5 Å². The van der Waals surface area contributed by atoms with Crippen molar-refractivity contribution in [3.63, 3.8) is 0 Å². The van der Waals surface area contributed by atoms with E-state index in [0.717, 1.165) is 0 Å². The molecule has 0 radical (unpaired) electrons. The molecule has 1 unspecified atom stereocenters. The van der Waals surface area contributed by atoms with E-state index in [1.165, 1.54) is 16.8 Å². The molecule has 2 heterocycles. The van der Waals surface area contributed by atoms with Crippen LogP contribution in [0.1, 0.15) is 32.1 Å². The summed E-state index contributed by atoms with van der Waals surface area (Å²) >= 11 is 0. The van der Waals surface area contributed by atoms with Crippen molar-refractivity contribution in [1.29, 1.82) is 1.43 Å². The van der Waals surface area contributed by atoms with Gasteiger partial charge < -0.3 is 15.2 Å². The van der Waals surface area contributed by atoms with E-state index in [9.17, 15) is 9.59 Å². The van der Waals surface area contributed by atoms with Gasteiger partial charge in [0.1, 0.15) is 6.23 Å². The van der Waals surface area contributed by atoms with Crippen molar-refractivity contribution in [2.24, 2.45) is 5.92 Å². The highest BCUT2D eigenvalue weighted by atomic mass is 16.5. The molecule has 2 N–H and O–H groups in total. The summed E-state index contributed by atoms with van der Waals surface area (Å²) < 4.78 is 14.0. The van der Waals surface area contributed by atoms with Gasteiger partial charge >= 0.3 is 5.69 Å². The lowest BCUT2D eigenvalue weighted by Crippen LogP contribution is -2.27. The standard InChI is InChI=1S/C15H21N3O4/c1-3-16-13(20)5-4-11-7-17-15(21)18(8-11)14-6-10(2)12(9-19)22-14/h4-5,7-8,10,12,14,19H,3,6,9H2,1-2H3,(H,16,20)/b5-4+/t10?,12-,14-/m1/s1/i19D. The van der Waals surface area contributed by atoms with Crippen molar-refractivity contribution in [2.45, 2.75) is 32.6 Å². The zero-order valence-corrected chi connectivity index (χ0v) is 12.7. The number of nitrogens with one attached hydrogen (secondary N) is 1. The van der Waals surface area contributed by atoms with Gasteiger partial charge in [0, 0.05) is 30.6 Å². The highest BCUT2D eigenvalue weighted by Crippen LogP contribution is 2.31. The Morgan fingerprint density at radius 2 is 2.55 bits per heavy atom. The van der Waals surface area contributed by atoms with Crippen LogP contribution < -0.4 is 11.0 Å². The van der Waals surface area contributed by atoms with E-state index in [2.05, 4.69) is 15.4 Å². The van der Waals surface area contributed by atoms with Crippen LogP contribution in [0.5, 0.6) is 0 Å². The minimum atomic E-state index is -0.442. The third-order valence-electron chi connectivity index (χ3n) is 3.63. The summed E-state index contributed by atoms with van der Waals surface area (Å²) in [5.74, 6) is -0.0320. The van der Waals surface area contributed by atoms with Gasteiger partial charge in [-0.25, -0.2) is 9.78 Å². The fourth-order valence-corrected chi connectivity index (χ4v) is 2.39. The summed E-state index contributed by atoms with van der Waals surface area (Å²) in [7, 11) is 0. The van der Waals surface area contributed by atoms with E-state index in [-0.39, 0.29) is 24.5 Å². The van der Waals surface area contributed by atoms with E-state index in [4.69, 9.17) is 6.17 Å². The van der Waals surface area contributed by atoms with Crippen LogP contribution in [0.25, 0.3) is 6.08 Å². The number of carbonyl (C=O) groups is 1. The molecule has 7 nitrogen and oxygen atoms in total. The molecule has 1 aromatic heterocycles. The highest BCUT2D eigenvalue weighted by Gasteiger charge is 2.33. The molecule has 2 rings (SSSR count). The molecule has 0 aromatic carbocycles. The fraction of sp³-hybridized carbons (Fsp3) is 0.533. The predicted molar refractivity (Wildman–Crippen MR) is 81.0 cm³/mol. The normalized spacial score (nSPS) is 25.4. The number of aromatic nitrogens is 2. The number of aliphatic hydroxyl groups excluding tert-OH is 1. The first-order chi connectivity index (χ1) is 11.0. The number of aliphatic hydroxyl groups is 1.